The smallest absolute Gasteiger partial charge is 0.434 e. The lowest BCUT2D eigenvalue weighted by Gasteiger charge is -1.78. The zero-order valence-corrected chi connectivity index (χ0v) is 2.97. The molecule has 0 atom stereocenters. The molecule has 0 fully saturated rings. The van der Waals surface area contributed by atoms with Gasteiger partial charge in [-0.1, -0.05) is 0 Å². The van der Waals surface area contributed by atoms with Gasteiger partial charge in [0, 0.05) is 0 Å². The van der Waals surface area contributed by atoms with Gasteiger partial charge in [0.05, 0.1) is 0 Å². The van der Waals surface area contributed by atoms with E-state index >= 15 is 0 Å². The van der Waals surface area contributed by atoms with E-state index in [9.17, 15) is 4.79 Å². The monoisotopic (exact) mass is 84.0 g/mol. The van der Waals surface area contributed by atoms with Gasteiger partial charge in [-0.15, -0.1) is 0 Å². The third-order valence-electron chi connectivity index (χ3n) is 0.431. The molecule has 0 aliphatic carbocycles. The number of hydrogen-bond donors (Lipinski definition) is 0. The van der Waals surface area contributed by atoms with E-state index in [-0.39, 0.29) is 6.61 Å². The Morgan fingerprint density at radius 3 is 3.00 bits per heavy atom. The molecular weight excluding hydrogens is 82.0 g/mol. The van der Waals surface area contributed by atoms with Gasteiger partial charge in [-0.05, 0) is 0 Å². The van der Waals surface area contributed by atoms with Crippen LogP contribution in [0.3, 0.4) is 0 Å². The second-order valence-corrected chi connectivity index (χ2v) is 0.824. The molecule has 31 valence electrons. The predicted octanol–water partition coefficient (Wildman–Crippen LogP) is 0.0844. The number of aliphatic imine (C=N–C) groups is 1. The molecule has 0 aromatic rings. The van der Waals surface area contributed by atoms with Crippen LogP contribution >= 0.6 is 0 Å². The number of cyclic esters (lactones) is 1. The summed E-state index contributed by atoms with van der Waals surface area (Å²) in [7, 11) is 0. The number of carbonyl (C=O) groups excluding carboxylic acids is 1. The number of ether oxygens (including phenoxy) is 1. The first kappa shape index (κ1) is 3.33. The largest absolute Gasteiger partial charge is 0.441 e. The normalized spacial score (nSPS) is 18.3. The van der Waals surface area contributed by atoms with E-state index in [4.69, 9.17) is 0 Å². The van der Waals surface area contributed by atoms with Crippen LogP contribution in [0.25, 0.3) is 0 Å². The van der Waals surface area contributed by atoms with Crippen LogP contribution < -0.4 is 0 Å². The molecule has 0 saturated heterocycles. The van der Waals surface area contributed by atoms with Crippen LogP contribution in [-0.4, -0.2) is 18.9 Å². The molecule has 3 nitrogen and oxygen atoms in total. The Hall–Kier alpha value is -0.860. The first-order valence-corrected chi connectivity index (χ1v) is 1.50. The average molecular weight is 84.1 g/mol. The van der Waals surface area contributed by atoms with Crippen LogP contribution in [-0.2, 0) is 4.74 Å². The fourth-order valence-corrected chi connectivity index (χ4v) is 0.223. The number of nitrogens with zero attached hydrogens (tertiary/aromatic N) is 1. The van der Waals surface area contributed by atoms with Crippen LogP contribution in [0, 0.1) is 0 Å². The lowest BCUT2D eigenvalue weighted by molar-refractivity contribution is 0.181. The third-order valence-corrected chi connectivity index (χ3v) is 0.431. The van der Waals surface area contributed by atoms with Crippen molar-refractivity contribution < 1.29 is 9.53 Å². The van der Waals surface area contributed by atoms with Crippen LogP contribution in [0.1, 0.15) is 0 Å². The summed E-state index contributed by atoms with van der Waals surface area (Å²) in [6.45, 7) is 0.221. The van der Waals surface area contributed by atoms with E-state index < -0.39 is 6.09 Å². The fourth-order valence-electron chi connectivity index (χ4n) is 0.223. The zero-order valence-electron chi connectivity index (χ0n) is 2.97. The summed E-state index contributed by atoms with van der Waals surface area (Å²) in [6.07, 6.45) is 1.79. The molecular formula is C3H2NO2. The van der Waals surface area contributed by atoms with Crippen molar-refractivity contribution in [1.29, 1.82) is 0 Å². The molecule has 3 heteroatoms. The highest BCUT2D eigenvalue weighted by molar-refractivity contribution is 5.85. The van der Waals surface area contributed by atoms with Crippen molar-refractivity contribution in [2.75, 3.05) is 6.61 Å². The molecule has 1 heterocycles. The first-order valence-electron chi connectivity index (χ1n) is 1.50. The summed E-state index contributed by atoms with van der Waals surface area (Å²) in [4.78, 5) is 12.9. The minimum absolute atomic E-state index is 0.221. The topological polar surface area (TPSA) is 38.7 Å². The first-order chi connectivity index (χ1) is 2.89. The second-order valence-electron chi connectivity index (χ2n) is 0.824. The average Bonchev–Trinajstić information content (AvgIpc) is 1.86. The molecule has 1 amide bonds. The van der Waals surface area contributed by atoms with E-state index in [0.29, 0.717) is 0 Å². The van der Waals surface area contributed by atoms with Gasteiger partial charge in [0.25, 0.3) is 0 Å². The summed E-state index contributed by atoms with van der Waals surface area (Å²) < 4.78 is 4.24. The van der Waals surface area contributed by atoms with Crippen LogP contribution in [0.2, 0.25) is 0 Å². The van der Waals surface area contributed by atoms with Crippen molar-refractivity contribution in [3.05, 3.63) is 0 Å². The zero-order chi connectivity index (χ0) is 4.41. The van der Waals surface area contributed by atoms with Gasteiger partial charge >= 0.3 is 6.09 Å². The highest BCUT2D eigenvalue weighted by Crippen LogP contribution is 1.86. The van der Waals surface area contributed by atoms with Crippen molar-refractivity contribution in [1.82, 2.24) is 0 Å². The van der Waals surface area contributed by atoms with E-state index in [1.54, 1.807) is 0 Å². The molecule has 0 N–H and O–H groups in total. The standard InChI is InChI=1S/C3H2NO2/c5-3-4-1-2-6-3/h2H2. The fraction of sp³-hybridized carbons (Fsp3) is 0.333. The van der Waals surface area contributed by atoms with Gasteiger partial charge in [-0.3, -0.25) is 0 Å². The number of amides is 1. The van der Waals surface area contributed by atoms with E-state index in [1.165, 1.54) is 0 Å². The third kappa shape index (κ3) is 0.381. The second kappa shape index (κ2) is 1.08. The maximum absolute atomic E-state index is 9.79. The quantitative estimate of drug-likeness (QED) is 0.417. The predicted molar refractivity (Wildman–Crippen MR) is 18.8 cm³/mol. The molecule has 1 aliphatic rings. The van der Waals surface area contributed by atoms with E-state index in [2.05, 4.69) is 15.9 Å². The SMILES string of the molecule is O=C1N=[C]CO1. The molecule has 1 radical (unpaired) electrons. The highest BCUT2D eigenvalue weighted by atomic mass is 16.6. The van der Waals surface area contributed by atoms with Gasteiger partial charge in [0.1, 0.15) is 12.8 Å². The van der Waals surface area contributed by atoms with E-state index in [0.717, 1.165) is 0 Å². The van der Waals surface area contributed by atoms with Gasteiger partial charge in [0.2, 0.25) is 0 Å². The molecule has 0 bridgehead atoms. The molecule has 6 heavy (non-hydrogen) atoms. The Balaban J connectivity index is 2.59. The van der Waals surface area contributed by atoms with Crippen molar-refractivity contribution in [2.45, 2.75) is 0 Å². The molecule has 1 rings (SSSR count). The molecule has 0 saturated carbocycles. The van der Waals surface area contributed by atoms with Crippen LogP contribution in [0.15, 0.2) is 4.99 Å². The Labute approximate surface area is 34.6 Å². The Morgan fingerprint density at radius 1 is 2.00 bits per heavy atom. The van der Waals surface area contributed by atoms with Gasteiger partial charge < -0.3 is 4.74 Å². The number of carbonyl (C=O) groups is 1. The van der Waals surface area contributed by atoms with Gasteiger partial charge in [-0.25, -0.2) is 4.79 Å². The van der Waals surface area contributed by atoms with Crippen LogP contribution in [0.4, 0.5) is 4.79 Å². The lowest BCUT2D eigenvalue weighted by atomic mass is 10.8. The molecule has 1 aliphatic heterocycles. The lowest BCUT2D eigenvalue weighted by Crippen LogP contribution is -1.87. The van der Waals surface area contributed by atoms with Crippen LogP contribution in [0.5, 0.6) is 0 Å². The van der Waals surface area contributed by atoms with E-state index in [1.807, 2.05) is 0 Å². The Morgan fingerprint density at radius 2 is 2.83 bits per heavy atom. The van der Waals surface area contributed by atoms with Crippen molar-refractivity contribution in [3.63, 3.8) is 0 Å². The maximum atomic E-state index is 9.79. The minimum atomic E-state index is -0.532. The Bertz CT molecular complexity index is 97.0. The molecule has 0 aromatic heterocycles. The summed E-state index contributed by atoms with van der Waals surface area (Å²) in [5.41, 5.74) is 0. The molecule has 0 spiro atoms. The van der Waals surface area contributed by atoms with Gasteiger partial charge in [-0.2, -0.15) is 4.99 Å². The van der Waals surface area contributed by atoms with Crippen molar-refractivity contribution in [3.8, 4) is 0 Å². The van der Waals surface area contributed by atoms with Crippen molar-refractivity contribution >= 4 is 12.3 Å². The Kier molecular flexibility index (Phi) is 0.602. The summed E-state index contributed by atoms with van der Waals surface area (Å²) in [6, 6.07) is 0. The minimum Gasteiger partial charge on any atom is -0.441 e. The summed E-state index contributed by atoms with van der Waals surface area (Å²) >= 11 is 0. The summed E-state index contributed by atoms with van der Waals surface area (Å²) in [5, 5.41) is 0. The molecule has 0 aromatic carbocycles. The maximum Gasteiger partial charge on any atom is 0.434 e. The highest BCUT2D eigenvalue weighted by Gasteiger charge is 2.01. The van der Waals surface area contributed by atoms with Gasteiger partial charge in [0.15, 0.2) is 0 Å². The summed E-state index contributed by atoms with van der Waals surface area (Å²) in [5.74, 6) is 0. The van der Waals surface area contributed by atoms with Crippen molar-refractivity contribution in [2.24, 2.45) is 4.99 Å². The molecule has 0 unspecified atom stereocenters. The number of hydrogen-bond acceptors (Lipinski definition) is 2. The number of rotatable bonds is 0.